The summed E-state index contributed by atoms with van der Waals surface area (Å²) < 4.78 is 25.7. The molecule has 2 rings (SSSR count). The maximum absolute atomic E-state index is 12.8. The van der Waals surface area contributed by atoms with Crippen LogP contribution in [-0.4, -0.2) is 57.0 Å². The molecule has 0 aliphatic rings. The smallest absolute Gasteiger partial charge is 0.172 e. The van der Waals surface area contributed by atoms with Crippen molar-refractivity contribution in [1.29, 1.82) is 0 Å². The first kappa shape index (κ1) is 22.5. The summed E-state index contributed by atoms with van der Waals surface area (Å²) in [4.78, 5) is 23.9. The van der Waals surface area contributed by atoms with Crippen molar-refractivity contribution < 1.29 is 28.6 Å². The minimum absolute atomic E-state index is 0.103. The van der Waals surface area contributed by atoms with Gasteiger partial charge < -0.3 is 10.2 Å². The van der Waals surface area contributed by atoms with E-state index in [1.165, 1.54) is 72.1 Å². The van der Waals surface area contributed by atoms with Gasteiger partial charge in [0.1, 0.15) is 11.6 Å². The Morgan fingerprint density at radius 1 is 0.714 bits per heavy atom. The number of benzene rings is 2. The van der Waals surface area contributed by atoms with Crippen LogP contribution in [0, 0.1) is 11.6 Å². The second kappa shape index (κ2) is 11.3. The van der Waals surface area contributed by atoms with Crippen LogP contribution in [0.2, 0.25) is 0 Å². The van der Waals surface area contributed by atoms with Crippen LogP contribution >= 0.6 is 23.5 Å². The third-order valence-corrected chi connectivity index (χ3v) is 5.91. The first-order valence-corrected chi connectivity index (χ1v) is 10.8. The number of aliphatic hydroxyl groups excluding tert-OH is 2. The average molecular weight is 427 g/mol. The highest BCUT2D eigenvalue weighted by Crippen LogP contribution is 2.15. The largest absolute Gasteiger partial charge is 0.390 e. The van der Waals surface area contributed by atoms with Crippen molar-refractivity contribution in [3.63, 3.8) is 0 Å². The number of carbonyl (C=O) groups is 2. The predicted octanol–water partition coefficient (Wildman–Crippen LogP) is 3.22. The molecule has 2 aromatic rings. The molecule has 0 amide bonds. The SMILES string of the molecule is O=C(CSC[C@@H](O)[C@H](O)CSCC(=O)c1ccc(F)cc1)c1ccc(F)cc1. The zero-order valence-electron chi connectivity index (χ0n) is 14.9. The number of ketones is 2. The van der Waals surface area contributed by atoms with Crippen molar-refractivity contribution in [1.82, 2.24) is 0 Å². The molecule has 0 spiro atoms. The topological polar surface area (TPSA) is 74.6 Å². The lowest BCUT2D eigenvalue weighted by Crippen LogP contribution is -2.31. The van der Waals surface area contributed by atoms with Crippen LogP contribution in [-0.2, 0) is 0 Å². The van der Waals surface area contributed by atoms with Crippen LogP contribution in [0.15, 0.2) is 48.5 Å². The number of Topliss-reactive ketones (excluding diaryl/α,β-unsaturated/α-hetero) is 2. The highest BCUT2D eigenvalue weighted by Gasteiger charge is 2.18. The van der Waals surface area contributed by atoms with E-state index in [9.17, 15) is 28.6 Å². The van der Waals surface area contributed by atoms with E-state index in [1.54, 1.807) is 0 Å². The Kier molecular flexibility index (Phi) is 9.11. The molecule has 0 bridgehead atoms. The summed E-state index contributed by atoms with van der Waals surface area (Å²) in [6, 6.07) is 10.4. The van der Waals surface area contributed by atoms with Crippen molar-refractivity contribution in [2.45, 2.75) is 12.2 Å². The molecule has 0 fully saturated rings. The minimum atomic E-state index is -1.04. The van der Waals surface area contributed by atoms with Gasteiger partial charge in [0.15, 0.2) is 11.6 Å². The fraction of sp³-hybridized carbons (Fsp3) is 0.300. The van der Waals surface area contributed by atoms with Gasteiger partial charge in [-0.2, -0.15) is 23.5 Å². The van der Waals surface area contributed by atoms with E-state index in [4.69, 9.17) is 0 Å². The molecule has 0 aliphatic heterocycles. The summed E-state index contributed by atoms with van der Waals surface area (Å²) in [5.74, 6) is -0.702. The Bertz CT molecular complexity index is 714. The summed E-state index contributed by atoms with van der Waals surface area (Å²) in [6.07, 6.45) is -2.08. The minimum Gasteiger partial charge on any atom is -0.390 e. The Labute approximate surface area is 170 Å². The molecule has 2 N–H and O–H groups in total. The molecule has 2 aromatic carbocycles. The third kappa shape index (κ3) is 7.35. The summed E-state index contributed by atoms with van der Waals surface area (Å²) in [5.41, 5.74) is 0.776. The van der Waals surface area contributed by atoms with Gasteiger partial charge in [0.05, 0.1) is 23.7 Å². The van der Waals surface area contributed by atoms with Crippen LogP contribution in [0.5, 0.6) is 0 Å². The first-order valence-electron chi connectivity index (χ1n) is 8.46. The second-order valence-electron chi connectivity index (χ2n) is 6.03. The van der Waals surface area contributed by atoms with E-state index in [0.29, 0.717) is 11.1 Å². The molecule has 8 heteroatoms. The van der Waals surface area contributed by atoms with Crippen LogP contribution in [0.4, 0.5) is 8.78 Å². The monoisotopic (exact) mass is 426 g/mol. The van der Waals surface area contributed by atoms with Gasteiger partial charge in [-0.15, -0.1) is 0 Å². The summed E-state index contributed by atoms with van der Waals surface area (Å²) >= 11 is 2.34. The van der Waals surface area contributed by atoms with Gasteiger partial charge >= 0.3 is 0 Å². The summed E-state index contributed by atoms with van der Waals surface area (Å²) in [7, 11) is 0. The number of halogens is 2. The lowest BCUT2D eigenvalue weighted by Gasteiger charge is -2.17. The van der Waals surface area contributed by atoms with Crippen LogP contribution in [0.25, 0.3) is 0 Å². The highest BCUT2D eigenvalue weighted by molar-refractivity contribution is 8.00. The maximum atomic E-state index is 12.8. The molecule has 0 aliphatic carbocycles. The molecule has 0 heterocycles. The second-order valence-corrected chi connectivity index (χ2v) is 8.09. The summed E-state index contributed by atoms with van der Waals surface area (Å²) in [5, 5.41) is 20.0. The van der Waals surface area contributed by atoms with E-state index in [2.05, 4.69) is 0 Å². The van der Waals surface area contributed by atoms with Crippen LogP contribution < -0.4 is 0 Å². The zero-order chi connectivity index (χ0) is 20.5. The van der Waals surface area contributed by atoms with E-state index >= 15 is 0 Å². The quantitative estimate of drug-likeness (QED) is 0.538. The maximum Gasteiger partial charge on any atom is 0.172 e. The average Bonchev–Trinajstić information content (AvgIpc) is 2.68. The van der Waals surface area contributed by atoms with E-state index < -0.39 is 23.8 Å². The van der Waals surface area contributed by atoms with Crippen molar-refractivity contribution in [2.75, 3.05) is 23.0 Å². The van der Waals surface area contributed by atoms with Crippen molar-refractivity contribution >= 4 is 35.1 Å². The Balaban J connectivity index is 1.66. The highest BCUT2D eigenvalue weighted by atomic mass is 32.2. The van der Waals surface area contributed by atoms with Gasteiger partial charge in [-0.25, -0.2) is 8.78 Å². The molecule has 0 aromatic heterocycles. The van der Waals surface area contributed by atoms with E-state index in [-0.39, 0.29) is 34.6 Å². The normalized spacial score (nSPS) is 13.1. The molecule has 0 saturated carbocycles. The first-order chi connectivity index (χ1) is 13.4. The Morgan fingerprint density at radius 3 is 1.36 bits per heavy atom. The van der Waals surface area contributed by atoms with Gasteiger partial charge in [0, 0.05) is 22.6 Å². The molecule has 28 heavy (non-hydrogen) atoms. The molecular weight excluding hydrogens is 406 g/mol. The Hall–Kier alpha value is -1.74. The van der Waals surface area contributed by atoms with Gasteiger partial charge in [-0.1, -0.05) is 0 Å². The number of rotatable bonds is 11. The number of carbonyl (C=O) groups excluding carboxylic acids is 2. The number of hydrogen-bond donors (Lipinski definition) is 2. The van der Waals surface area contributed by atoms with Gasteiger partial charge in [0.25, 0.3) is 0 Å². The number of hydrogen-bond acceptors (Lipinski definition) is 6. The summed E-state index contributed by atoms with van der Waals surface area (Å²) in [6.45, 7) is 0. The molecule has 0 radical (unpaired) electrons. The lowest BCUT2D eigenvalue weighted by molar-refractivity contribution is 0.0500. The molecule has 150 valence electrons. The molecular formula is C20H20F2O4S2. The van der Waals surface area contributed by atoms with Crippen LogP contribution in [0.3, 0.4) is 0 Å². The van der Waals surface area contributed by atoms with Crippen molar-refractivity contribution in [3.8, 4) is 0 Å². The molecule has 2 atom stereocenters. The van der Waals surface area contributed by atoms with Gasteiger partial charge in [-0.05, 0) is 48.5 Å². The Morgan fingerprint density at radius 2 is 1.04 bits per heavy atom. The molecule has 0 unspecified atom stereocenters. The fourth-order valence-corrected chi connectivity index (χ4v) is 4.07. The van der Waals surface area contributed by atoms with Crippen molar-refractivity contribution in [3.05, 3.63) is 71.3 Å². The van der Waals surface area contributed by atoms with E-state index in [0.717, 1.165) is 0 Å². The van der Waals surface area contributed by atoms with Gasteiger partial charge in [-0.3, -0.25) is 9.59 Å². The fourth-order valence-electron chi connectivity index (χ4n) is 2.21. The van der Waals surface area contributed by atoms with Gasteiger partial charge in [0.2, 0.25) is 0 Å². The molecule has 0 saturated heterocycles. The molecule has 4 nitrogen and oxygen atoms in total. The van der Waals surface area contributed by atoms with Crippen LogP contribution in [0.1, 0.15) is 20.7 Å². The zero-order valence-corrected chi connectivity index (χ0v) is 16.5. The number of aliphatic hydroxyl groups is 2. The standard InChI is InChI=1S/C20H20F2O4S2/c21-15-5-1-13(2-6-15)17(23)9-27-11-19(25)20(26)12-28-10-18(24)14-3-7-16(22)8-4-14/h1-8,19-20,25-26H,9-12H2/t19-,20-/m1/s1. The predicted molar refractivity (Wildman–Crippen MR) is 108 cm³/mol. The van der Waals surface area contributed by atoms with E-state index in [1.807, 2.05) is 0 Å². The third-order valence-electron chi connectivity index (χ3n) is 3.82. The van der Waals surface area contributed by atoms with Crippen molar-refractivity contribution in [2.24, 2.45) is 0 Å². The number of thioether (sulfide) groups is 2. The lowest BCUT2D eigenvalue weighted by atomic mass is 10.1.